The maximum absolute atomic E-state index is 11.5. The van der Waals surface area contributed by atoms with Gasteiger partial charge in [0, 0.05) is 11.1 Å². The van der Waals surface area contributed by atoms with Crippen LogP contribution in [0.5, 0.6) is 5.75 Å². The second-order valence-corrected chi connectivity index (χ2v) is 8.09. The van der Waals surface area contributed by atoms with E-state index in [1.807, 2.05) is 67.6 Å². The molecule has 4 heteroatoms. The summed E-state index contributed by atoms with van der Waals surface area (Å²) < 4.78 is 5.75. The first-order valence-electron chi connectivity index (χ1n) is 11.3. The Labute approximate surface area is 195 Å². The number of ketones is 1. The summed E-state index contributed by atoms with van der Waals surface area (Å²) in [6.07, 6.45) is 6.94. The van der Waals surface area contributed by atoms with Gasteiger partial charge in [0.1, 0.15) is 5.75 Å². The summed E-state index contributed by atoms with van der Waals surface area (Å²) in [5.41, 5.74) is 4.34. The molecule has 1 unspecified atom stereocenters. The molecule has 0 spiro atoms. The van der Waals surface area contributed by atoms with Crippen molar-refractivity contribution in [2.45, 2.75) is 33.1 Å². The van der Waals surface area contributed by atoms with E-state index < -0.39 is 5.97 Å². The Hall–Kier alpha value is -3.66. The van der Waals surface area contributed by atoms with Crippen molar-refractivity contribution in [2.24, 2.45) is 5.92 Å². The molecule has 0 fully saturated rings. The van der Waals surface area contributed by atoms with Crippen LogP contribution in [0.3, 0.4) is 0 Å². The highest BCUT2D eigenvalue weighted by Gasteiger charge is 2.10. The maximum atomic E-state index is 11.5. The number of carbonyl (C=O) groups excluding carboxylic acids is 1. The molecule has 1 N–H and O–H groups in total. The lowest BCUT2D eigenvalue weighted by molar-refractivity contribution is 0.0696. The third-order valence-corrected chi connectivity index (χ3v) is 5.63. The molecule has 0 amide bonds. The number of carboxylic acids is 1. The average molecular weight is 443 g/mol. The number of rotatable bonds is 11. The first kappa shape index (κ1) is 24.0. The van der Waals surface area contributed by atoms with Gasteiger partial charge in [0.15, 0.2) is 5.78 Å². The van der Waals surface area contributed by atoms with Gasteiger partial charge in [0.2, 0.25) is 0 Å². The molecule has 0 bridgehead atoms. The zero-order valence-electron chi connectivity index (χ0n) is 19.2. The van der Waals surface area contributed by atoms with Crippen molar-refractivity contribution in [1.82, 2.24) is 0 Å². The molecule has 4 nitrogen and oxygen atoms in total. The first-order valence-corrected chi connectivity index (χ1v) is 11.3. The lowest BCUT2D eigenvalue weighted by Gasteiger charge is -2.14. The van der Waals surface area contributed by atoms with E-state index in [1.165, 1.54) is 5.56 Å². The molecule has 0 saturated carbocycles. The standard InChI is InChI=1S/C29H30O4/c1-3-33-28-7-5-4-6-26(28)17-12-23(20-24-13-18-27(19-14-24)29(31)32)9-8-22-10-15-25(16-11-22)21(2)30/h4-7,10-19,23H,3,8-9,20H2,1-2H3,(H,31,32)/b17-12+. The molecule has 0 radical (unpaired) electrons. The van der Waals surface area contributed by atoms with Crippen LogP contribution in [0.4, 0.5) is 0 Å². The number of ether oxygens (including phenoxy) is 1. The van der Waals surface area contributed by atoms with Crippen LogP contribution < -0.4 is 4.74 Å². The van der Waals surface area contributed by atoms with E-state index in [4.69, 9.17) is 9.84 Å². The van der Waals surface area contributed by atoms with Gasteiger partial charge in [0.05, 0.1) is 12.2 Å². The van der Waals surface area contributed by atoms with Crippen LogP contribution in [-0.4, -0.2) is 23.5 Å². The molecule has 0 aliphatic rings. The summed E-state index contributed by atoms with van der Waals surface area (Å²) >= 11 is 0. The number of aromatic carboxylic acids is 1. The quantitative estimate of drug-likeness (QED) is 0.345. The monoisotopic (exact) mass is 442 g/mol. The van der Waals surface area contributed by atoms with E-state index in [0.717, 1.165) is 41.7 Å². The van der Waals surface area contributed by atoms with E-state index >= 15 is 0 Å². The van der Waals surface area contributed by atoms with Crippen molar-refractivity contribution in [2.75, 3.05) is 6.61 Å². The summed E-state index contributed by atoms with van der Waals surface area (Å²) in [6.45, 7) is 4.16. The zero-order chi connectivity index (χ0) is 23.6. The van der Waals surface area contributed by atoms with Crippen molar-refractivity contribution in [1.29, 1.82) is 0 Å². The normalized spacial score (nSPS) is 11.9. The van der Waals surface area contributed by atoms with Crippen molar-refractivity contribution in [3.05, 3.63) is 107 Å². The van der Waals surface area contributed by atoms with Crippen molar-refractivity contribution in [3.63, 3.8) is 0 Å². The van der Waals surface area contributed by atoms with E-state index in [9.17, 15) is 9.59 Å². The molecule has 1 atom stereocenters. The summed E-state index contributed by atoms with van der Waals surface area (Å²) in [7, 11) is 0. The van der Waals surface area contributed by atoms with Crippen molar-refractivity contribution >= 4 is 17.8 Å². The number of aryl methyl sites for hydroxylation is 1. The Morgan fingerprint density at radius 2 is 1.55 bits per heavy atom. The van der Waals surface area contributed by atoms with E-state index in [1.54, 1.807) is 19.1 Å². The van der Waals surface area contributed by atoms with Crippen molar-refractivity contribution < 1.29 is 19.4 Å². The largest absolute Gasteiger partial charge is 0.493 e. The Bertz CT molecular complexity index is 1100. The molecular weight excluding hydrogens is 412 g/mol. The lowest BCUT2D eigenvalue weighted by atomic mass is 9.91. The molecule has 3 aromatic carbocycles. The number of carbonyl (C=O) groups is 2. The number of hydrogen-bond donors (Lipinski definition) is 1. The predicted octanol–water partition coefficient (Wildman–Crippen LogP) is 6.49. The highest BCUT2D eigenvalue weighted by molar-refractivity contribution is 5.94. The van der Waals surface area contributed by atoms with Crippen LogP contribution in [0, 0.1) is 5.92 Å². The van der Waals surface area contributed by atoms with Gasteiger partial charge in [-0.3, -0.25) is 4.79 Å². The number of allylic oxidation sites excluding steroid dienone is 1. The Morgan fingerprint density at radius 3 is 2.18 bits per heavy atom. The third-order valence-electron chi connectivity index (χ3n) is 5.63. The van der Waals surface area contributed by atoms with Gasteiger partial charge in [0.25, 0.3) is 0 Å². The summed E-state index contributed by atoms with van der Waals surface area (Å²) in [6, 6.07) is 22.9. The first-order chi connectivity index (χ1) is 16.0. The highest BCUT2D eigenvalue weighted by Crippen LogP contribution is 2.23. The van der Waals surface area contributed by atoms with Crippen LogP contribution in [0.15, 0.2) is 78.9 Å². The molecule has 3 aromatic rings. The van der Waals surface area contributed by atoms with Gasteiger partial charge in [-0.1, -0.05) is 66.7 Å². The predicted molar refractivity (Wildman–Crippen MR) is 132 cm³/mol. The summed E-state index contributed by atoms with van der Waals surface area (Å²) in [5, 5.41) is 9.16. The molecular formula is C29H30O4. The molecule has 170 valence electrons. The van der Waals surface area contributed by atoms with Crippen LogP contribution in [-0.2, 0) is 12.8 Å². The minimum Gasteiger partial charge on any atom is -0.493 e. The Kier molecular flexibility index (Phi) is 8.59. The number of benzene rings is 3. The number of Topliss-reactive ketones (excluding diaryl/α,β-unsaturated/α-hetero) is 1. The van der Waals surface area contributed by atoms with Crippen LogP contribution in [0.1, 0.15) is 57.7 Å². The number of carboxylic acid groups (broad SMARTS) is 1. The van der Waals surface area contributed by atoms with E-state index in [-0.39, 0.29) is 11.7 Å². The molecule has 0 aliphatic carbocycles. The molecule has 3 rings (SSSR count). The second kappa shape index (κ2) is 11.8. The van der Waals surface area contributed by atoms with Crippen LogP contribution in [0.25, 0.3) is 6.08 Å². The average Bonchev–Trinajstić information content (AvgIpc) is 2.82. The molecule has 0 aliphatic heterocycles. The lowest BCUT2D eigenvalue weighted by Crippen LogP contribution is -2.05. The fourth-order valence-corrected chi connectivity index (χ4v) is 3.76. The molecule has 0 aromatic heterocycles. The fraction of sp³-hybridized carbons (Fsp3) is 0.241. The number of para-hydroxylation sites is 1. The number of hydrogen-bond acceptors (Lipinski definition) is 3. The summed E-state index contributed by atoms with van der Waals surface area (Å²) in [5.74, 6) is 0.267. The van der Waals surface area contributed by atoms with Gasteiger partial charge in [-0.05, 0) is 68.4 Å². The highest BCUT2D eigenvalue weighted by atomic mass is 16.5. The minimum atomic E-state index is -0.917. The van der Waals surface area contributed by atoms with Gasteiger partial charge in [-0.2, -0.15) is 0 Å². The Morgan fingerprint density at radius 1 is 0.909 bits per heavy atom. The van der Waals surface area contributed by atoms with E-state index in [2.05, 4.69) is 12.2 Å². The molecule has 33 heavy (non-hydrogen) atoms. The van der Waals surface area contributed by atoms with Gasteiger partial charge in [-0.25, -0.2) is 4.79 Å². The molecule has 0 heterocycles. The smallest absolute Gasteiger partial charge is 0.335 e. The third kappa shape index (κ3) is 7.18. The van der Waals surface area contributed by atoms with Gasteiger partial charge < -0.3 is 9.84 Å². The van der Waals surface area contributed by atoms with E-state index in [0.29, 0.717) is 12.2 Å². The fourth-order valence-electron chi connectivity index (χ4n) is 3.76. The van der Waals surface area contributed by atoms with Gasteiger partial charge in [-0.15, -0.1) is 0 Å². The van der Waals surface area contributed by atoms with Crippen LogP contribution in [0.2, 0.25) is 0 Å². The Balaban J connectivity index is 1.77. The molecule has 0 saturated heterocycles. The van der Waals surface area contributed by atoms with Gasteiger partial charge >= 0.3 is 5.97 Å². The minimum absolute atomic E-state index is 0.0696. The van der Waals surface area contributed by atoms with Crippen LogP contribution >= 0.6 is 0 Å². The summed E-state index contributed by atoms with van der Waals surface area (Å²) in [4.78, 5) is 22.7. The SMILES string of the molecule is CCOc1ccccc1/C=C/C(CCc1ccc(C(C)=O)cc1)Cc1ccc(C(=O)O)cc1. The second-order valence-electron chi connectivity index (χ2n) is 8.09. The zero-order valence-corrected chi connectivity index (χ0v) is 19.2. The van der Waals surface area contributed by atoms with Crippen molar-refractivity contribution in [3.8, 4) is 5.75 Å². The maximum Gasteiger partial charge on any atom is 0.335 e. The topological polar surface area (TPSA) is 63.6 Å².